The van der Waals surface area contributed by atoms with Crippen molar-refractivity contribution in [2.24, 2.45) is 0 Å². The van der Waals surface area contributed by atoms with E-state index in [1.54, 1.807) is 11.3 Å². The van der Waals surface area contributed by atoms with Gasteiger partial charge in [-0.1, -0.05) is 45.0 Å². The average molecular weight is 274 g/mol. The molecule has 0 saturated carbocycles. The molecule has 0 saturated heterocycles. The van der Waals surface area contributed by atoms with Crippen LogP contribution in [0.4, 0.5) is 0 Å². The summed E-state index contributed by atoms with van der Waals surface area (Å²) in [7, 11) is 0. The molecule has 2 rings (SSSR count). The molecule has 102 valence electrons. The topological polar surface area (TPSA) is 24.9 Å². The molecule has 3 heteroatoms. The molecule has 0 spiro atoms. The maximum Gasteiger partial charge on any atom is 0.0795 e. The van der Waals surface area contributed by atoms with Crippen molar-refractivity contribution >= 4 is 11.3 Å². The van der Waals surface area contributed by atoms with Crippen molar-refractivity contribution < 1.29 is 0 Å². The Morgan fingerprint density at radius 3 is 2.37 bits per heavy atom. The minimum atomic E-state index is 0.215. The van der Waals surface area contributed by atoms with E-state index in [0.717, 1.165) is 18.7 Å². The number of nitrogens with zero attached hydrogens (tertiary/aromatic N) is 1. The summed E-state index contributed by atoms with van der Waals surface area (Å²) in [6, 6.07) is 9.12. The Kier molecular flexibility index (Phi) is 5.11. The lowest BCUT2D eigenvalue weighted by Gasteiger charge is -2.18. The molecule has 0 aliphatic heterocycles. The average Bonchev–Trinajstić information content (AvgIpc) is 2.94. The van der Waals surface area contributed by atoms with E-state index >= 15 is 0 Å². The van der Waals surface area contributed by atoms with Crippen molar-refractivity contribution in [1.29, 1.82) is 0 Å². The maximum atomic E-state index is 4.46. The van der Waals surface area contributed by atoms with Gasteiger partial charge in [-0.15, -0.1) is 11.3 Å². The van der Waals surface area contributed by atoms with Gasteiger partial charge >= 0.3 is 0 Å². The van der Waals surface area contributed by atoms with Crippen LogP contribution in [0.5, 0.6) is 0 Å². The zero-order chi connectivity index (χ0) is 13.7. The van der Waals surface area contributed by atoms with Gasteiger partial charge in [-0.25, -0.2) is 4.98 Å². The van der Waals surface area contributed by atoms with Gasteiger partial charge in [-0.3, -0.25) is 0 Å². The van der Waals surface area contributed by atoms with Crippen LogP contribution in [0.15, 0.2) is 35.2 Å². The summed E-state index contributed by atoms with van der Waals surface area (Å²) in [5.74, 6) is 0.579. The molecule has 0 bridgehead atoms. The lowest BCUT2D eigenvalue weighted by molar-refractivity contribution is 0.588. The number of rotatable bonds is 6. The lowest BCUT2D eigenvalue weighted by atomic mass is 9.98. The summed E-state index contributed by atoms with van der Waals surface area (Å²) in [6.45, 7) is 7.64. The molecule has 1 unspecified atom stereocenters. The third-order valence-corrected chi connectivity index (χ3v) is 3.89. The summed E-state index contributed by atoms with van der Waals surface area (Å²) >= 11 is 1.65. The maximum absolute atomic E-state index is 4.46. The highest BCUT2D eigenvalue weighted by Gasteiger charge is 2.15. The second-order valence-electron chi connectivity index (χ2n) is 5.12. The molecule has 0 aliphatic carbocycles. The monoisotopic (exact) mass is 274 g/mol. The molecule has 0 fully saturated rings. The van der Waals surface area contributed by atoms with E-state index in [1.165, 1.54) is 11.1 Å². The Morgan fingerprint density at radius 1 is 1.16 bits per heavy atom. The van der Waals surface area contributed by atoms with Crippen LogP contribution < -0.4 is 5.32 Å². The molecule has 1 aromatic carbocycles. The lowest BCUT2D eigenvalue weighted by Crippen LogP contribution is -2.23. The van der Waals surface area contributed by atoms with Crippen LogP contribution in [0.25, 0.3) is 0 Å². The fourth-order valence-corrected chi connectivity index (χ4v) is 2.70. The zero-order valence-corrected chi connectivity index (χ0v) is 12.7. The van der Waals surface area contributed by atoms with Gasteiger partial charge in [0.2, 0.25) is 0 Å². The summed E-state index contributed by atoms with van der Waals surface area (Å²) in [5, 5.41) is 5.71. The van der Waals surface area contributed by atoms with E-state index in [-0.39, 0.29) is 6.04 Å². The van der Waals surface area contributed by atoms with Crippen molar-refractivity contribution in [1.82, 2.24) is 10.3 Å². The van der Waals surface area contributed by atoms with Crippen LogP contribution in [0.1, 0.15) is 56.0 Å². The summed E-state index contributed by atoms with van der Waals surface area (Å²) < 4.78 is 0. The first-order valence-electron chi connectivity index (χ1n) is 6.93. The summed E-state index contributed by atoms with van der Waals surface area (Å²) in [4.78, 5) is 4.46. The van der Waals surface area contributed by atoms with Gasteiger partial charge in [0.1, 0.15) is 0 Å². The van der Waals surface area contributed by atoms with Crippen LogP contribution in [0.3, 0.4) is 0 Å². The van der Waals surface area contributed by atoms with Gasteiger partial charge in [0.05, 0.1) is 17.2 Å². The Balaban J connectivity index is 2.22. The molecule has 1 aromatic heterocycles. The van der Waals surface area contributed by atoms with Crippen molar-refractivity contribution in [2.75, 3.05) is 6.54 Å². The first kappa shape index (κ1) is 14.2. The van der Waals surface area contributed by atoms with E-state index in [1.807, 2.05) is 5.51 Å². The standard InChI is InChI=1S/C16H22N2S/c1-4-9-17-16(15-10-19-11-18-15)14-7-5-13(6-8-14)12(2)3/h5-8,10-12,16-17H,4,9H2,1-3H3. The first-order chi connectivity index (χ1) is 9.22. The predicted octanol–water partition coefficient (Wildman–Crippen LogP) is 4.36. The van der Waals surface area contributed by atoms with E-state index < -0.39 is 0 Å². The van der Waals surface area contributed by atoms with Crippen LogP contribution in [0, 0.1) is 0 Å². The first-order valence-corrected chi connectivity index (χ1v) is 7.88. The van der Waals surface area contributed by atoms with Gasteiger partial charge < -0.3 is 5.32 Å². The molecule has 0 amide bonds. The molecule has 2 aromatic rings. The summed E-state index contributed by atoms with van der Waals surface area (Å²) in [6.07, 6.45) is 1.13. The second kappa shape index (κ2) is 6.83. The normalized spacial score (nSPS) is 12.8. The molecular weight excluding hydrogens is 252 g/mol. The SMILES string of the molecule is CCCNC(c1ccc(C(C)C)cc1)c1cscn1. The van der Waals surface area contributed by atoms with Crippen molar-refractivity contribution in [3.63, 3.8) is 0 Å². The van der Waals surface area contributed by atoms with Crippen molar-refractivity contribution in [2.45, 2.75) is 39.2 Å². The van der Waals surface area contributed by atoms with Crippen LogP contribution >= 0.6 is 11.3 Å². The molecule has 19 heavy (non-hydrogen) atoms. The Bertz CT molecular complexity index is 474. The smallest absolute Gasteiger partial charge is 0.0795 e. The van der Waals surface area contributed by atoms with Crippen LogP contribution in [-0.2, 0) is 0 Å². The number of nitrogens with one attached hydrogen (secondary N) is 1. The Morgan fingerprint density at radius 2 is 1.84 bits per heavy atom. The largest absolute Gasteiger partial charge is 0.305 e. The van der Waals surface area contributed by atoms with E-state index in [4.69, 9.17) is 0 Å². The molecule has 1 heterocycles. The highest BCUT2D eigenvalue weighted by molar-refractivity contribution is 7.07. The van der Waals surface area contributed by atoms with E-state index in [0.29, 0.717) is 5.92 Å². The second-order valence-corrected chi connectivity index (χ2v) is 5.84. The number of thiazole rings is 1. The Hall–Kier alpha value is -1.19. The van der Waals surface area contributed by atoms with Gasteiger partial charge in [0, 0.05) is 5.38 Å². The van der Waals surface area contributed by atoms with Gasteiger partial charge in [0.25, 0.3) is 0 Å². The number of benzene rings is 1. The molecule has 2 nitrogen and oxygen atoms in total. The molecule has 1 atom stereocenters. The molecular formula is C16H22N2S. The van der Waals surface area contributed by atoms with Crippen LogP contribution in [-0.4, -0.2) is 11.5 Å². The van der Waals surface area contributed by atoms with Crippen LogP contribution in [0.2, 0.25) is 0 Å². The van der Waals surface area contributed by atoms with Gasteiger partial charge in [-0.2, -0.15) is 0 Å². The quantitative estimate of drug-likeness (QED) is 0.847. The number of hydrogen-bond donors (Lipinski definition) is 1. The zero-order valence-electron chi connectivity index (χ0n) is 11.9. The van der Waals surface area contributed by atoms with E-state index in [2.05, 4.69) is 60.7 Å². The summed E-state index contributed by atoms with van der Waals surface area (Å²) in [5.41, 5.74) is 5.70. The molecule has 1 N–H and O–H groups in total. The van der Waals surface area contributed by atoms with Crippen molar-refractivity contribution in [3.05, 3.63) is 52.0 Å². The van der Waals surface area contributed by atoms with Crippen molar-refractivity contribution in [3.8, 4) is 0 Å². The number of aromatic nitrogens is 1. The minimum absolute atomic E-state index is 0.215. The van der Waals surface area contributed by atoms with Gasteiger partial charge in [-0.05, 0) is 30.0 Å². The third-order valence-electron chi connectivity index (χ3n) is 3.28. The van der Waals surface area contributed by atoms with Gasteiger partial charge in [0.15, 0.2) is 0 Å². The fraction of sp³-hybridized carbons (Fsp3) is 0.438. The minimum Gasteiger partial charge on any atom is -0.305 e. The molecule has 0 radical (unpaired) electrons. The highest BCUT2D eigenvalue weighted by Crippen LogP contribution is 2.24. The predicted molar refractivity (Wildman–Crippen MR) is 82.8 cm³/mol. The molecule has 0 aliphatic rings. The van der Waals surface area contributed by atoms with E-state index in [9.17, 15) is 0 Å². The Labute approximate surface area is 119 Å². The fourth-order valence-electron chi connectivity index (χ4n) is 2.12. The number of hydrogen-bond acceptors (Lipinski definition) is 3. The highest BCUT2D eigenvalue weighted by atomic mass is 32.1. The third kappa shape index (κ3) is 3.64.